The van der Waals surface area contributed by atoms with E-state index in [9.17, 15) is 0 Å². The van der Waals surface area contributed by atoms with Gasteiger partial charge in [0.15, 0.2) is 0 Å². The van der Waals surface area contributed by atoms with Gasteiger partial charge in [0, 0.05) is 27.1 Å². The Morgan fingerprint density at radius 3 is 1.85 bits per heavy atom. The molecule has 0 aliphatic carbocycles. The van der Waals surface area contributed by atoms with Crippen molar-refractivity contribution in [3.63, 3.8) is 0 Å². The summed E-state index contributed by atoms with van der Waals surface area (Å²) in [6.07, 6.45) is 0. The van der Waals surface area contributed by atoms with E-state index in [1.54, 1.807) is 43.8 Å². The van der Waals surface area contributed by atoms with Crippen molar-refractivity contribution in [1.29, 1.82) is 10.8 Å². The second-order valence-electron chi connectivity index (χ2n) is 5.86. The van der Waals surface area contributed by atoms with E-state index in [1.807, 2.05) is 23.6 Å². The van der Waals surface area contributed by atoms with Crippen molar-refractivity contribution < 1.29 is 9.47 Å². The Morgan fingerprint density at radius 2 is 1.33 bits per heavy atom. The van der Waals surface area contributed by atoms with Crippen molar-refractivity contribution in [3.05, 3.63) is 59.0 Å². The number of methoxy groups -OCH3 is 2. The van der Waals surface area contributed by atoms with Crippen molar-refractivity contribution in [2.75, 3.05) is 14.2 Å². The Kier molecular flexibility index (Phi) is 5.14. The van der Waals surface area contributed by atoms with Gasteiger partial charge in [0.1, 0.15) is 23.2 Å². The average Bonchev–Trinajstić information content (AvgIpc) is 3.16. The van der Waals surface area contributed by atoms with Crippen LogP contribution in [0.25, 0.3) is 21.6 Å². The fourth-order valence-electron chi connectivity index (χ4n) is 2.78. The molecule has 7 heteroatoms. The Labute approximate surface area is 161 Å². The molecule has 0 aliphatic rings. The van der Waals surface area contributed by atoms with Crippen molar-refractivity contribution in [2.24, 2.45) is 11.5 Å². The third kappa shape index (κ3) is 3.63. The molecule has 6 nitrogen and oxygen atoms in total. The normalized spacial score (nSPS) is 10.4. The lowest BCUT2D eigenvalue weighted by atomic mass is 10.0. The summed E-state index contributed by atoms with van der Waals surface area (Å²) in [7, 11) is 3.19. The minimum absolute atomic E-state index is 0.00107. The van der Waals surface area contributed by atoms with Crippen LogP contribution in [0.2, 0.25) is 0 Å². The first-order valence-electron chi connectivity index (χ1n) is 8.08. The van der Waals surface area contributed by atoms with Gasteiger partial charge < -0.3 is 20.9 Å². The Bertz CT molecular complexity index is 947. The highest BCUT2D eigenvalue weighted by Crippen LogP contribution is 2.40. The van der Waals surface area contributed by atoms with E-state index in [0.29, 0.717) is 22.6 Å². The summed E-state index contributed by atoms with van der Waals surface area (Å²) in [6.45, 7) is 0. The number of ether oxygens (including phenoxy) is 2. The van der Waals surface area contributed by atoms with Crippen molar-refractivity contribution >= 4 is 23.0 Å². The Hall–Kier alpha value is -3.32. The molecule has 0 spiro atoms. The minimum atomic E-state index is 0.00107. The molecule has 0 bridgehead atoms. The summed E-state index contributed by atoms with van der Waals surface area (Å²) in [5.41, 5.74) is 15.2. The highest BCUT2D eigenvalue weighted by atomic mass is 32.1. The lowest BCUT2D eigenvalue weighted by Gasteiger charge is -2.10. The molecule has 0 atom stereocenters. The van der Waals surface area contributed by atoms with Crippen LogP contribution in [0, 0.1) is 10.8 Å². The highest BCUT2D eigenvalue weighted by molar-refractivity contribution is 7.14. The van der Waals surface area contributed by atoms with E-state index in [4.69, 9.17) is 31.8 Å². The molecule has 0 amide bonds. The predicted molar refractivity (Wildman–Crippen MR) is 110 cm³/mol. The molecule has 138 valence electrons. The highest BCUT2D eigenvalue weighted by Gasteiger charge is 2.14. The number of nitrogens with one attached hydrogen (secondary N) is 2. The predicted octanol–water partition coefficient (Wildman–Crippen LogP) is 3.67. The van der Waals surface area contributed by atoms with Crippen LogP contribution in [0.5, 0.6) is 11.5 Å². The smallest absolute Gasteiger partial charge is 0.128 e. The summed E-state index contributed by atoms with van der Waals surface area (Å²) in [5, 5.41) is 17.2. The summed E-state index contributed by atoms with van der Waals surface area (Å²) >= 11 is 1.58. The average molecular weight is 380 g/mol. The molecule has 1 heterocycles. The van der Waals surface area contributed by atoms with Crippen LogP contribution in [-0.4, -0.2) is 25.9 Å². The van der Waals surface area contributed by atoms with Gasteiger partial charge in [0.25, 0.3) is 0 Å². The van der Waals surface area contributed by atoms with E-state index in [1.165, 1.54) is 0 Å². The fraction of sp³-hybridized carbons (Fsp3) is 0.100. The third-order valence-electron chi connectivity index (χ3n) is 4.20. The van der Waals surface area contributed by atoms with Gasteiger partial charge in [-0.1, -0.05) is 12.1 Å². The second kappa shape index (κ2) is 7.51. The Morgan fingerprint density at radius 1 is 0.815 bits per heavy atom. The second-order valence-corrected chi connectivity index (χ2v) is 6.77. The fourth-order valence-corrected chi connectivity index (χ4v) is 3.72. The summed E-state index contributed by atoms with van der Waals surface area (Å²) in [4.78, 5) is 1.02. The summed E-state index contributed by atoms with van der Waals surface area (Å²) < 4.78 is 11.0. The van der Waals surface area contributed by atoms with Crippen molar-refractivity contribution in [3.8, 4) is 33.1 Å². The third-order valence-corrected chi connectivity index (χ3v) is 5.16. The van der Waals surface area contributed by atoms with Crippen molar-refractivity contribution in [2.45, 2.75) is 0 Å². The number of rotatable bonds is 6. The van der Waals surface area contributed by atoms with E-state index < -0.39 is 0 Å². The van der Waals surface area contributed by atoms with Gasteiger partial charge in [-0.05, 0) is 41.3 Å². The van der Waals surface area contributed by atoms with Gasteiger partial charge in [0.2, 0.25) is 0 Å². The maximum absolute atomic E-state index is 7.58. The van der Waals surface area contributed by atoms with E-state index >= 15 is 0 Å². The van der Waals surface area contributed by atoms with E-state index in [0.717, 1.165) is 21.6 Å². The number of amidine groups is 2. The zero-order chi connectivity index (χ0) is 19.6. The van der Waals surface area contributed by atoms with Crippen LogP contribution < -0.4 is 20.9 Å². The van der Waals surface area contributed by atoms with Crippen LogP contribution in [0.4, 0.5) is 0 Å². The van der Waals surface area contributed by atoms with Gasteiger partial charge >= 0.3 is 0 Å². The molecule has 3 aromatic rings. The lowest BCUT2D eigenvalue weighted by molar-refractivity contribution is 0.416. The molecule has 1 aromatic heterocycles. The molecule has 3 rings (SSSR count). The first-order chi connectivity index (χ1) is 12.9. The van der Waals surface area contributed by atoms with Gasteiger partial charge in [-0.2, -0.15) is 0 Å². The summed E-state index contributed by atoms with van der Waals surface area (Å²) in [6, 6.07) is 13.0. The first kappa shape index (κ1) is 18.5. The van der Waals surface area contributed by atoms with Gasteiger partial charge in [0.05, 0.1) is 14.2 Å². The number of benzene rings is 2. The van der Waals surface area contributed by atoms with Gasteiger partial charge in [-0.25, -0.2) is 0 Å². The molecule has 0 saturated carbocycles. The number of hydrogen-bond donors (Lipinski definition) is 4. The van der Waals surface area contributed by atoms with Crippen LogP contribution in [0.1, 0.15) is 11.1 Å². The molecule has 2 aromatic carbocycles. The largest absolute Gasteiger partial charge is 0.496 e. The lowest BCUT2D eigenvalue weighted by Crippen LogP contribution is -2.11. The van der Waals surface area contributed by atoms with Crippen molar-refractivity contribution in [1.82, 2.24) is 0 Å². The number of nitrogen functional groups attached to an aromatic ring is 2. The molecule has 0 radical (unpaired) electrons. The SMILES string of the molecule is COc1cc(C(=N)N)ccc1-c1csc(-c2ccc(C(=N)N)cc2OC)c1. The van der Waals surface area contributed by atoms with Crippen LogP contribution in [-0.2, 0) is 0 Å². The van der Waals surface area contributed by atoms with E-state index in [-0.39, 0.29) is 11.7 Å². The van der Waals surface area contributed by atoms with Crippen LogP contribution in [0.15, 0.2) is 47.8 Å². The molecule has 6 N–H and O–H groups in total. The van der Waals surface area contributed by atoms with Crippen LogP contribution in [0.3, 0.4) is 0 Å². The van der Waals surface area contributed by atoms with E-state index in [2.05, 4.69) is 6.07 Å². The molecule has 0 aliphatic heterocycles. The monoisotopic (exact) mass is 380 g/mol. The summed E-state index contributed by atoms with van der Waals surface area (Å²) in [5.74, 6) is 1.32. The quantitative estimate of drug-likeness (QED) is 0.385. The standard InChI is InChI=1S/C20H20N4O2S/c1-25-16-7-11(19(21)22)3-5-14(16)13-9-18(27-10-13)15-6-4-12(20(23)24)8-17(15)26-2/h3-10H,1-2H3,(H3,21,22)(H3,23,24). The topological polar surface area (TPSA) is 118 Å². The zero-order valence-corrected chi connectivity index (χ0v) is 15.8. The minimum Gasteiger partial charge on any atom is -0.496 e. The molecular formula is C20H20N4O2S. The number of hydrogen-bond acceptors (Lipinski definition) is 5. The number of nitrogens with two attached hydrogens (primary N) is 2. The molecule has 0 fully saturated rings. The van der Waals surface area contributed by atoms with Gasteiger partial charge in [-0.15, -0.1) is 11.3 Å². The molecule has 0 unspecified atom stereocenters. The molecule has 0 saturated heterocycles. The maximum atomic E-state index is 7.58. The zero-order valence-electron chi connectivity index (χ0n) is 15.0. The van der Waals surface area contributed by atoms with Gasteiger partial charge in [-0.3, -0.25) is 10.8 Å². The maximum Gasteiger partial charge on any atom is 0.128 e. The Balaban J connectivity index is 2.03. The van der Waals surface area contributed by atoms with Crippen LogP contribution >= 0.6 is 11.3 Å². The molecule has 27 heavy (non-hydrogen) atoms. The number of thiophene rings is 1. The first-order valence-corrected chi connectivity index (χ1v) is 8.96. The molecular weight excluding hydrogens is 360 g/mol.